The highest BCUT2D eigenvalue weighted by atomic mass is 16.5. The number of para-hydroxylation sites is 1. The highest BCUT2D eigenvalue weighted by Gasteiger charge is 2.02. The number of unbranched alkanes of at least 4 members (excludes halogenated alkanes) is 1. The molecule has 0 aliphatic rings. The van der Waals surface area contributed by atoms with Gasteiger partial charge >= 0.3 is 5.97 Å². The molecule has 1 heterocycles. The van der Waals surface area contributed by atoms with Crippen LogP contribution < -0.4 is 4.74 Å². The zero-order valence-electron chi connectivity index (χ0n) is 10.0. The molecule has 1 aromatic heterocycles. The summed E-state index contributed by atoms with van der Waals surface area (Å²) in [6, 6.07) is 9.67. The van der Waals surface area contributed by atoms with E-state index in [1.54, 1.807) is 6.20 Å². The molecule has 0 aliphatic heterocycles. The molecule has 1 N–H and O–H groups in total. The average Bonchev–Trinajstić information content (AvgIpc) is 2.38. The highest BCUT2D eigenvalue weighted by Crippen LogP contribution is 2.23. The molecule has 2 rings (SSSR count). The first kappa shape index (κ1) is 12.4. The van der Waals surface area contributed by atoms with Gasteiger partial charge in [0.2, 0.25) is 0 Å². The Bertz CT molecular complexity index is 534. The molecule has 0 atom stereocenters. The van der Waals surface area contributed by atoms with Gasteiger partial charge in [-0.05, 0) is 25.0 Å². The number of carboxylic acids is 1. The van der Waals surface area contributed by atoms with Crippen LogP contribution in [0, 0.1) is 0 Å². The SMILES string of the molecule is O=C(O)CCCCOc1cccc2cccnc12. The second-order valence-electron chi connectivity index (χ2n) is 4.03. The molecule has 4 heteroatoms. The van der Waals surface area contributed by atoms with Gasteiger partial charge in [0.25, 0.3) is 0 Å². The summed E-state index contributed by atoms with van der Waals surface area (Å²) in [4.78, 5) is 14.6. The summed E-state index contributed by atoms with van der Waals surface area (Å²) in [6.45, 7) is 0.517. The molecule has 94 valence electrons. The Hall–Kier alpha value is -2.10. The van der Waals surface area contributed by atoms with Crippen molar-refractivity contribution in [2.24, 2.45) is 0 Å². The van der Waals surface area contributed by atoms with Crippen LogP contribution in [0.1, 0.15) is 19.3 Å². The first-order valence-corrected chi connectivity index (χ1v) is 5.96. The Balaban J connectivity index is 1.93. The zero-order valence-corrected chi connectivity index (χ0v) is 10.0. The van der Waals surface area contributed by atoms with Crippen molar-refractivity contribution < 1.29 is 14.6 Å². The maximum Gasteiger partial charge on any atom is 0.303 e. The lowest BCUT2D eigenvalue weighted by molar-refractivity contribution is -0.137. The summed E-state index contributed by atoms with van der Waals surface area (Å²) in [7, 11) is 0. The Kier molecular flexibility index (Phi) is 4.12. The molecule has 18 heavy (non-hydrogen) atoms. The van der Waals surface area contributed by atoms with Gasteiger partial charge in [0, 0.05) is 18.0 Å². The topological polar surface area (TPSA) is 59.4 Å². The number of pyridine rings is 1. The van der Waals surface area contributed by atoms with Crippen LogP contribution in [-0.2, 0) is 4.79 Å². The van der Waals surface area contributed by atoms with Crippen LogP contribution in [0.5, 0.6) is 5.75 Å². The van der Waals surface area contributed by atoms with E-state index in [1.807, 2.05) is 30.3 Å². The predicted molar refractivity (Wildman–Crippen MR) is 68.7 cm³/mol. The number of ether oxygens (including phenoxy) is 1. The van der Waals surface area contributed by atoms with Crippen LogP contribution in [-0.4, -0.2) is 22.7 Å². The van der Waals surface area contributed by atoms with Gasteiger partial charge < -0.3 is 9.84 Å². The maximum absolute atomic E-state index is 10.4. The summed E-state index contributed by atoms with van der Waals surface area (Å²) in [5.74, 6) is -0.00903. The lowest BCUT2D eigenvalue weighted by Gasteiger charge is -2.07. The molecule has 2 aromatic rings. The van der Waals surface area contributed by atoms with Crippen LogP contribution in [0.2, 0.25) is 0 Å². The largest absolute Gasteiger partial charge is 0.491 e. The van der Waals surface area contributed by atoms with Gasteiger partial charge in [-0.3, -0.25) is 9.78 Å². The minimum Gasteiger partial charge on any atom is -0.491 e. The van der Waals surface area contributed by atoms with Gasteiger partial charge in [0.15, 0.2) is 0 Å². The minimum atomic E-state index is -0.762. The number of fused-ring (bicyclic) bond motifs is 1. The number of nitrogens with zero attached hydrogens (tertiary/aromatic N) is 1. The molecule has 4 nitrogen and oxygen atoms in total. The van der Waals surface area contributed by atoms with Gasteiger partial charge in [0.05, 0.1) is 6.61 Å². The summed E-state index contributed by atoms with van der Waals surface area (Å²) in [5.41, 5.74) is 0.846. The number of benzene rings is 1. The summed E-state index contributed by atoms with van der Waals surface area (Å²) >= 11 is 0. The van der Waals surface area contributed by atoms with E-state index in [1.165, 1.54) is 0 Å². The third-order valence-electron chi connectivity index (χ3n) is 2.64. The van der Waals surface area contributed by atoms with Gasteiger partial charge in [-0.15, -0.1) is 0 Å². The Morgan fingerprint density at radius 3 is 2.89 bits per heavy atom. The quantitative estimate of drug-likeness (QED) is 0.795. The molecular weight excluding hydrogens is 230 g/mol. The van der Waals surface area contributed by atoms with Crippen molar-refractivity contribution in [3.8, 4) is 5.75 Å². The van der Waals surface area contributed by atoms with E-state index in [4.69, 9.17) is 9.84 Å². The Morgan fingerprint density at radius 2 is 2.06 bits per heavy atom. The fourth-order valence-corrected chi connectivity index (χ4v) is 1.75. The van der Waals surface area contributed by atoms with Crippen molar-refractivity contribution >= 4 is 16.9 Å². The van der Waals surface area contributed by atoms with E-state index in [2.05, 4.69) is 4.98 Å². The van der Waals surface area contributed by atoms with Crippen LogP contribution in [0.4, 0.5) is 0 Å². The zero-order chi connectivity index (χ0) is 12.8. The number of hydrogen-bond donors (Lipinski definition) is 1. The number of aromatic nitrogens is 1. The Morgan fingerprint density at radius 1 is 1.22 bits per heavy atom. The lowest BCUT2D eigenvalue weighted by atomic mass is 10.2. The standard InChI is InChI=1S/C14H15NO3/c16-13(17)8-1-2-10-18-12-7-3-5-11-6-4-9-15-14(11)12/h3-7,9H,1-2,8,10H2,(H,16,17). The number of rotatable bonds is 6. The van der Waals surface area contributed by atoms with E-state index in [0.29, 0.717) is 13.0 Å². The molecule has 0 saturated carbocycles. The second-order valence-corrected chi connectivity index (χ2v) is 4.03. The molecule has 0 unspecified atom stereocenters. The highest BCUT2D eigenvalue weighted by molar-refractivity contribution is 5.84. The monoisotopic (exact) mass is 245 g/mol. The molecule has 0 aliphatic carbocycles. The number of carboxylic acid groups (broad SMARTS) is 1. The van der Waals surface area contributed by atoms with Crippen molar-refractivity contribution in [2.45, 2.75) is 19.3 Å². The average molecular weight is 245 g/mol. The molecule has 0 spiro atoms. The van der Waals surface area contributed by atoms with Crippen LogP contribution in [0.15, 0.2) is 36.5 Å². The molecule has 0 bridgehead atoms. The van der Waals surface area contributed by atoms with Crippen molar-refractivity contribution in [3.05, 3.63) is 36.5 Å². The van der Waals surface area contributed by atoms with Crippen molar-refractivity contribution in [1.29, 1.82) is 0 Å². The number of carbonyl (C=O) groups is 1. The minimum absolute atomic E-state index is 0.192. The van der Waals surface area contributed by atoms with E-state index >= 15 is 0 Å². The molecule has 1 aromatic carbocycles. The predicted octanol–water partition coefficient (Wildman–Crippen LogP) is 2.87. The number of aliphatic carboxylic acids is 1. The van der Waals surface area contributed by atoms with Crippen LogP contribution in [0.3, 0.4) is 0 Å². The fraction of sp³-hybridized carbons (Fsp3) is 0.286. The summed E-state index contributed by atoms with van der Waals surface area (Å²) in [6.07, 6.45) is 3.29. The maximum atomic E-state index is 10.4. The molecule has 0 amide bonds. The van der Waals surface area contributed by atoms with E-state index in [9.17, 15) is 4.79 Å². The van der Waals surface area contributed by atoms with Crippen LogP contribution >= 0.6 is 0 Å². The molecule has 0 saturated heterocycles. The smallest absolute Gasteiger partial charge is 0.303 e. The molecule has 0 radical (unpaired) electrons. The molecule has 0 fully saturated rings. The number of hydrogen-bond acceptors (Lipinski definition) is 3. The fourth-order valence-electron chi connectivity index (χ4n) is 1.75. The van der Waals surface area contributed by atoms with Gasteiger partial charge in [0.1, 0.15) is 11.3 Å². The van der Waals surface area contributed by atoms with E-state index in [-0.39, 0.29) is 6.42 Å². The van der Waals surface area contributed by atoms with Crippen molar-refractivity contribution in [1.82, 2.24) is 4.98 Å². The van der Waals surface area contributed by atoms with Crippen LogP contribution in [0.25, 0.3) is 10.9 Å². The van der Waals surface area contributed by atoms with E-state index in [0.717, 1.165) is 23.1 Å². The lowest BCUT2D eigenvalue weighted by Crippen LogP contribution is -2.01. The summed E-state index contributed by atoms with van der Waals surface area (Å²) < 4.78 is 5.65. The Labute approximate surface area is 105 Å². The third kappa shape index (κ3) is 3.20. The van der Waals surface area contributed by atoms with Gasteiger partial charge in [-0.25, -0.2) is 0 Å². The van der Waals surface area contributed by atoms with Crippen molar-refractivity contribution in [2.75, 3.05) is 6.61 Å². The first-order valence-electron chi connectivity index (χ1n) is 5.96. The first-order chi connectivity index (χ1) is 8.77. The van der Waals surface area contributed by atoms with Crippen molar-refractivity contribution in [3.63, 3.8) is 0 Å². The summed E-state index contributed by atoms with van der Waals surface area (Å²) in [5, 5.41) is 9.56. The normalized spacial score (nSPS) is 10.4. The second kappa shape index (κ2) is 6.00. The van der Waals surface area contributed by atoms with Gasteiger partial charge in [-0.1, -0.05) is 18.2 Å². The van der Waals surface area contributed by atoms with E-state index < -0.39 is 5.97 Å². The molecular formula is C14H15NO3. The third-order valence-corrected chi connectivity index (χ3v) is 2.64. The van der Waals surface area contributed by atoms with Gasteiger partial charge in [-0.2, -0.15) is 0 Å².